The molecule has 0 amide bonds. The molecule has 0 aliphatic carbocycles. The molecule has 298 valence electrons. The van der Waals surface area contributed by atoms with Crippen LogP contribution in [0.15, 0.2) is 78.9 Å². The van der Waals surface area contributed by atoms with Gasteiger partial charge in [-0.2, -0.15) is 9.78 Å². The second-order valence-corrected chi connectivity index (χ2v) is 14.4. The van der Waals surface area contributed by atoms with Gasteiger partial charge in [0.15, 0.2) is 34.5 Å². The van der Waals surface area contributed by atoms with Gasteiger partial charge >= 0.3 is 0 Å². The lowest BCUT2D eigenvalue weighted by Gasteiger charge is -2.34. The van der Waals surface area contributed by atoms with Crippen LogP contribution in [0.3, 0.4) is 0 Å². The number of rotatable bonds is 16. The van der Waals surface area contributed by atoms with Crippen LogP contribution >= 0.6 is 11.3 Å². The fourth-order valence-corrected chi connectivity index (χ4v) is 7.83. The number of aromatic nitrogens is 3. The molecule has 1 fully saturated rings. The molecule has 0 atom stereocenters. The summed E-state index contributed by atoms with van der Waals surface area (Å²) in [6.07, 6.45) is 0. The number of hydrogen-bond donors (Lipinski definition) is 0. The van der Waals surface area contributed by atoms with E-state index in [0.29, 0.717) is 64.7 Å². The first-order valence-corrected chi connectivity index (χ1v) is 19.5. The summed E-state index contributed by atoms with van der Waals surface area (Å²) in [4.78, 5) is 22.4. The minimum atomic E-state index is -0.234. The molecular formula is C43H47N5O8S. The number of carbonyl (C=O) groups excluding carboxylic acids is 1. The molecule has 0 bridgehead atoms. The van der Waals surface area contributed by atoms with Gasteiger partial charge in [0.05, 0.1) is 57.2 Å². The third-order valence-corrected chi connectivity index (χ3v) is 11.0. The van der Waals surface area contributed by atoms with Gasteiger partial charge in [-0.05, 0) is 66.7 Å². The molecule has 13 nitrogen and oxygen atoms in total. The smallest absolute Gasteiger partial charge is 0.244 e. The quantitative estimate of drug-likeness (QED) is 0.0981. The van der Waals surface area contributed by atoms with E-state index in [1.807, 2.05) is 60.7 Å². The fraction of sp³-hybridized carbons (Fsp3) is 0.326. The molecule has 1 aliphatic rings. The third kappa shape index (κ3) is 8.78. The summed E-state index contributed by atoms with van der Waals surface area (Å²) in [5.41, 5.74) is 4.64. The van der Waals surface area contributed by atoms with Crippen molar-refractivity contribution in [2.75, 3.05) is 88.0 Å². The monoisotopic (exact) mass is 793 g/mol. The number of para-hydroxylation sites is 1. The van der Waals surface area contributed by atoms with E-state index >= 15 is 0 Å². The van der Waals surface area contributed by atoms with Gasteiger partial charge in [0, 0.05) is 62.9 Å². The van der Waals surface area contributed by atoms with Crippen LogP contribution in [0, 0.1) is 0 Å². The van der Waals surface area contributed by atoms with Crippen molar-refractivity contribution in [3.8, 4) is 73.3 Å². The zero-order valence-electron chi connectivity index (χ0n) is 33.1. The molecule has 2 aromatic heterocycles. The fourth-order valence-electron chi connectivity index (χ4n) is 6.87. The standard InChI is InChI=1S/C43H47N5O8S/c1-28(49)48-34(27-33(45-48)31-25-39(52-4)42(54-6)40(26-31)53-5)29-11-13-35(50-2)38(23-29)56-22-20-47-17-15-46(16-18-47)19-21-55-36-14-12-30(24-37(36)51-3)43-44-32-9-7-8-10-41(32)57-43/h7-14,23-27H,15-22H2,1-6H3. The molecule has 0 radical (unpaired) electrons. The Bertz CT molecular complexity index is 2280. The molecule has 7 rings (SSSR count). The van der Waals surface area contributed by atoms with E-state index in [2.05, 4.69) is 21.0 Å². The number of hydrogen-bond acceptors (Lipinski definition) is 13. The highest BCUT2D eigenvalue weighted by Crippen LogP contribution is 2.42. The molecule has 14 heteroatoms. The van der Waals surface area contributed by atoms with Crippen molar-refractivity contribution in [3.05, 3.63) is 78.9 Å². The maximum atomic E-state index is 12.8. The predicted octanol–water partition coefficient (Wildman–Crippen LogP) is 7.27. The first-order valence-electron chi connectivity index (χ1n) is 18.7. The van der Waals surface area contributed by atoms with Crippen molar-refractivity contribution in [1.82, 2.24) is 24.6 Å². The Hall–Kier alpha value is -5.83. The van der Waals surface area contributed by atoms with Gasteiger partial charge < -0.3 is 33.2 Å². The van der Waals surface area contributed by atoms with Crippen molar-refractivity contribution in [2.45, 2.75) is 6.92 Å². The second kappa shape index (κ2) is 18.0. The van der Waals surface area contributed by atoms with Crippen molar-refractivity contribution >= 4 is 27.5 Å². The molecule has 6 aromatic rings. The van der Waals surface area contributed by atoms with E-state index in [9.17, 15) is 4.79 Å². The summed E-state index contributed by atoms with van der Waals surface area (Å²) >= 11 is 1.67. The van der Waals surface area contributed by atoms with E-state index in [1.165, 1.54) is 11.6 Å². The number of carbonyl (C=O) groups is 1. The highest BCUT2D eigenvalue weighted by Gasteiger charge is 2.21. The predicted molar refractivity (Wildman–Crippen MR) is 221 cm³/mol. The largest absolute Gasteiger partial charge is 0.493 e. The van der Waals surface area contributed by atoms with Crippen LogP contribution in [0.2, 0.25) is 0 Å². The van der Waals surface area contributed by atoms with Crippen LogP contribution in [0.5, 0.6) is 40.2 Å². The van der Waals surface area contributed by atoms with Crippen LogP contribution < -0.4 is 33.2 Å². The molecule has 0 unspecified atom stereocenters. The van der Waals surface area contributed by atoms with Gasteiger partial charge in [-0.3, -0.25) is 14.6 Å². The Labute approximate surface area is 336 Å². The molecule has 1 saturated heterocycles. The van der Waals surface area contributed by atoms with Gasteiger partial charge in [-0.25, -0.2) is 4.98 Å². The molecule has 3 heterocycles. The van der Waals surface area contributed by atoms with Crippen LogP contribution in [-0.4, -0.2) is 119 Å². The third-order valence-electron chi connectivity index (χ3n) is 9.93. The maximum Gasteiger partial charge on any atom is 0.244 e. The van der Waals surface area contributed by atoms with Gasteiger partial charge in [0.2, 0.25) is 11.7 Å². The van der Waals surface area contributed by atoms with Gasteiger partial charge in [-0.15, -0.1) is 11.3 Å². The Morgan fingerprint density at radius 1 is 0.632 bits per heavy atom. The number of piperazine rings is 1. The lowest BCUT2D eigenvalue weighted by molar-refractivity contribution is 0.0923. The van der Waals surface area contributed by atoms with Gasteiger partial charge in [0.25, 0.3) is 0 Å². The molecule has 57 heavy (non-hydrogen) atoms. The van der Waals surface area contributed by atoms with Crippen LogP contribution in [-0.2, 0) is 0 Å². The number of nitrogens with zero attached hydrogens (tertiary/aromatic N) is 5. The number of thiazole rings is 1. The van der Waals surface area contributed by atoms with E-state index in [0.717, 1.165) is 71.4 Å². The van der Waals surface area contributed by atoms with Gasteiger partial charge in [-0.1, -0.05) is 12.1 Å². The van der Waals surface area contributed by atoms with E-state index in [4.69, 9.17) is 38.1 Å². The van der Waals surface area contributed by atoms with Crippen molar-refractivity contribution in [1.29, 1.82) is 0 Å². The average Bonchev–Trinajstić information content (AvgIpc) is 3.90. The van der Waals surface area contributed by atoms with Crippen LogP contribution in [0.1, 0.15) is 11.7 Å². The van der Waals surface area contributed by atoms with Crippen LogP contribution in [0.25, 0.3) is 43.3 Å². The van der Waals surface area contributed by atoms with Crippen molar-refractivity contribution in [2.24, 2.45) is 0 Å². The Balaban J connectivity index is 0.928. The lowest BCUT2D eigenvalue weighted by atomic mass is 10.1. The normalized spacial score (nSPS) is 13.4. The number of ether oxygens (including phenoxy) is 7. The summed E-state index contributed by atoms with van der Waals surface area (Å²) in [6, 6.07) is 25.2. The SMILES string of the molecule is COc1cc(-c2nc3ccccc3s2)ccc1OCCN1CCN(CCOc2cc(-c3cc(-c4cc(OC)c(OC)c(OC)c4)nn3C(C)=O)ccc2OC)CC1. The number of benzene rings is 4. The summed E-state index contributed by atoms with van der Waals surface area (Å²) in [6.45, 7) is 7.77. The number of methoxy groups -OCH3 is 5. The first kappa shape index (κ1) is 39.4. The molecule has 0 spiro atoms. The highest BCUT2D eigenvalue weighted by atomic mass is 32.1. The van der Waals surface area contributed by atoms with Gasteiger partial charge in [0.1, 0.15) is 18.2 Å². The Kier molecular flexibility index (Phi) is 12.4. The maximum absolute atomic E-state index is 12.8. The summed E-state index contributed by atoms with van der Waals surface area (Å²) in [5.74, 6) is 3.82. The van der Waals surface area contributed by atoms with E-state index in [-0.39, 0.29) is 5.91 Å². The Morgan fingerprint density at radius 3 is 1.82 bits per heavy atom. The average molecular weight is 794 g/mol. The van der Waals surface area contributed by atoms with Crippen molar-refractivity contribution in [3.63, 3.8) is 0 Å². The summed E-state index contributed by atoms with van der Waals surface area (Å²) in [5, 5.41) is 5.60. The van der Waals surface area contributed by atoms with Crippen LogP contribution in [0.4, 0.5) is 0 Å². The highest BCUT2D eigenvalue weighted by molar-refractivity contribution is 7.21. The Morgan fingerprint density at radius 2 is 1.21 bits per heavy atom. The second-order valence-electron chi connectivity index (χ2n) is 13.4. The lowest BCUT2D eigenvalue weighted by Crippen LogP contribution is -2.48. The minimum absolute atomic E-state index is 0.234. The first-order chi connectivity index (χ1) is 27.8. The molecule has 4 aromatic carbocycles. The van der Waals surface area contributed by atoms with E-state index in [1.54, 1.807) is 59.0 Å². The summed E-state index contributed by atoms with van der Waals surface area (Å²) < 4.78 is 42.9. The molecule has 0 N–H and O–H groups in total. The molecule has 1 aliphatic heterocycles. The summed E-state index contributed by atoms with van der Waals surface area (Å²) in [7, 11) is 7.95. The van der Waals surface area contributed by atoms with E-state index < -0.39 is 0 Å². The molecular weight excluding hydrogens is 747 g/mol. The minimum Gasteiger partial charge on any atom is -0.493 e. The van der Waals surface area contributed by atoms with Crippen molar-refractivity contribution < 1.29 is 38.0 Å². The zero-order valence-corrected chi connectivity index (χ0v) is 33.9. The zero-order chi connectivity index (χ0) is 39.9. The number of fused-ring (bicyclic) bond motifs is 1. The topological polar surface area (TPSA) is 119 Å². The molecule has 0 saturated carbocycles.